The Morgan fingerprint density at radius 3 is 2.79 bits per heavy atom. The molecule has 0 bridgehead atoms. The van der Waals surface area contributed by atoms with Crippen LogP contribution in [0.25, 0.3) is 0 Å². The second-order valence-corrected chi connectivity index (χ2v) is 3.18. The fourth-order valence-corrected chi connectivity index (χ4v) is 1.46. The van der Waals surface area contributed by atoms with Crippen molar-refractivity contribution in [3.63, 3.8) is 0 Å². The van der Waals surface area contributed by atoms with Gasteiger partial charge in [0, 0.05) is 6.04 Å². The van der Waals surface area contributed by atoms with E-state index in [0.29, 0.717) is 0 Å². The zero-order valence-corrected chi connectivity index (χ0v) is 8.79. The number of nitrogens with two attached hydrogens (primary N) is 1. The summed E-state index contributed by atoms with van der Waals surface area (Å²) in [6.45, 7) is 5.81. The smallest absolute Gasteiger partial charge is 0.119 e. The minimum Gasteiger partial charge on any atom is -0.497 e. The molecular weight excluding hydrogens is 174 g/mol. The van der Waals surface area contributed by atoms with Crippen molar-refractivity contribution in [3.8, 4) is 5.75 Å². The van der Waals surface area contributed by atoms with Crippen LogP contribution < -0.4 is 10.5 Å². The van der Waals surface area contributed by atoms with E-state index >= 15 is 0 Å². The van der Waals surface area contributed by atoms with Gasteiger partial charge in [0.05, 0.1) is 7.11 Å². The van der Waals surface area contributed by atoms with E-state index in [1.807, 2.05) is 12.1 Å². The summed E-state index contributed by atoms with van der Waals surface area (Å²) in [6.07, 6.45) is 2.72. The fraction of sp³-hybridized carbons (Fsp3) is 0.333. The summed E-state index contributed by atoms with van der Waals surface area (Å²) < 4.78 is 5.16. The molecule has 14 heavy (non-hydrogen) atoms. The van der Waals surface area contributed by atoms with Crippen molar-refractivity contribution >= 4 is 0 Å². The second-order valence-electron chi connectivity index (χ2n) is 3.18. The maximum absolute atomic E-state index is 5.92. The van der Waals surface area contributed by atoms with Crippen LogP contribution in [0.2, 0.25) is 0 Å². The Bertz CT molecular complexity index is 320. The summed E-state index contributed by atoms with van der Waals surface area (Å²) in [4.78, 5) is 0. The van der Waals surface area contributed by atoms with Crippen LogP contribution >= 0.6 is 0 Å². The lowest BCUT2D eigenvalue weighted by molar-refractivity contribution is 0.414. The van der Waals surface area contributed by atoms with Crippen molar-refractivity contribution in [2.75, 3.05) is 7.11 Å². The van der Waals surface area contributed by atoms with Crippen molar-refractivity contribution in [1.29, 1.82) is 0 Å². The highest BCUT2D eigenvalue weighted by Gasteiger charge is 2.07. The Labute approximate surface area is 85.4 Å². The number of benzene rings is 1. The summed E-state index contributed by atoms with van der Waals surface area (Å²) in [5, 5.41) is 0. The predicted octanol–water partition coefficient (Wildman–Crippen LogP) is 2.44. The first-order chi connectivity index (χ1) is 6.72. The highest BCUT2D eigenvalue weighted by Crippen LogP contribution is 2.23. The Hall–Kier alpha value is -1.28. The van der Waals surface area contributed by atoms with Gasteiger partial charge in [-0.3, -0.25) is 0 Å². The molecule has 0 aromatic heterocycles. The van der Waals surface area contributed by atoms with E-state index in [2.05, 4.69) is 19.6 Å². The molecule has 0 fully saturated rings. The molecule has 2 N–H and O–H groups in total. The number of rotatable bonds is 4. The molecular formula is C12H17NO. The van der Waals surface area contributed by atoms with Crippen molar-refractivity contribution in [1.82, 2.24) is 0 Å². The largest absolute Gasteiger partial charge is 0.497 e. The molecule has 0 saturated heterocycles. The molecule has 2 nitrogen and oxygen atoms in total. The summed E-state index contributed by atoms with van der Waals surface area (Å²) >= 11 is 0. The molecule has 1 rings (SSSR count). The van der Waals surface area contributed by atoms with Gasteiger partial charge in [-0.15, -0.1) is 6.58 Å². The van der Waals surface area contributed by atoms with Gasteiger partial charge in [0.1, 0.15) is 5.75 Å². The highest BCUT2D eigenvalue weighted by molar-refractivity contribution is 5.39. The molecule has 1 atom stereocenters. The van der Waals surface area contributed by atoms with Gasteiger partial charge >= 0.3 is 0 Å². The Kier molecular flexibility index (Phi) is 3.72. The number of methoxy groups -OCH3 is 1. The van der Waals surface area contributed by atoms with Gasteiger partial charge in [-0.05, 0) is 29.7 Å². The molecule has 1 aromatic rings. The zero-order valence-electron chi connectivity index (χ0n) is 8.79. The third-order valence-corrected chi connectivity index (χ3v) is 2.35. The third kappa shape index (κ3) is 2.15. The van der Waals surface area contributed by atoms with Crippen LogP contribution in [0.15, 0.2) is 30.9 Å². The number of hydrogen-bond donors (Lipinski definition) is 1. The number of hydrogen-bond acceptors (Lipinski definition) is 2. The first-order valence-corrected chi connectivity index (χ1v) is 4.77. The maximum atomic E-state index is 5.92. The zero-order chi connectivity index (χ0) is 10.6. The van der Waals surface area contributed by atoms with E-state index in [4.69, 9.17) is 10.5 Å². The lowest BCUT2D eigenvalue weighted by atomic mass is 9.99. The first-order valence-electron chi connectivity index (χ1n) is 4.77. The molecule has 76 valence electrons. The molecule has 1 aromatic carbocycles. The van der Waals surface area contributed by atoms with Crippen LogP contribution in [0.1, 0.15) is 24.1 Å². The summed E-state index contributed by atoms with van der Waals surface area (Å²) in [5.41, 5.74) is 8.27. The molecule has 0 heterocycles. The van der Waals surface area contributed by atoms with E-state index in [1.165, 1.54) is 5.56 Å². The maximum Gasteiger partial charge on any atom is 0.119 e. The van der Waals surface area contributed by atoms with Gasteiger partial charge in [0.2, 0.25) is 0 Å². The Morgan fingerprint density at radius 2 is 2.29 bits per heavy atom. The lowest BCUT2D eigenvalue weighted by Crippen LogP contribution is -2.09. The van der Waals surface area contributed by atoms with Gasteiger partial charge in [0.15, 0.2) is 0 Å². The predicted molar refractivity (Wildman–Crippen MR) is 59.5 cm³/mol. The van der Waals surface area contributed by atoms with Gasteiger partial charge in [0.25, 0.3) is 0 Å². The Balaban J connectivity index is 3.14. The van der Waals surface area contributed by atoms with Crippen LogP contribution in [0.4, 0.5) is 0 Å². The first kappa shape index (κ1) is 10.8. The summed E-state index contributed by atoms with van der Waals surface area (Å²) in [6, 6.07) is 5.88. The van der Waals surface area contributed by atoms with Crippen molar-refractivity contribution in [2.45, 2.75) is 19.4 Å². The normalized spacial score (nSPS) is 12.2. The van der Waals surface area contributed by atoms with Crippen molar-refractivity contribution in [3.05, 3.63) is 42.0 Å². The molecule has 0 radical (unpaired) electrons. The third-order valence-electron chi connectivity index (χ3n) is 2.35. The minimum absolute atomic E-state index is 0.111. The fourth-order valence-electron chi connectivity index (χ4n) is 1.46. The SMILES string of the molecule is C=C[C@@H](N)c1cc(OC)ccc1CC. The van der Waals surface area contributed by atoms with Crippen LogP contribution in [0.5, 0.6) is 5.75 Å². The van der Waals surface area contributed by atoms with Crippen LogP contribution in [0, 0.1) is 0 Å². The topological polar surface area (TPSA) is 35.2 Å². The molecule has 0 aliphatic carbocycles. The van der Waals surface area contributed by atoms with Crippen molar-refractivity contribution < 1.29 is 4.74 Å². The van der Waals surface area contributed by atoms with Crippen LogP contribution in [-0.4, -0.2) is 7.11 Å². The van der Waals surface area contributed by atoms with E-state index in [0.717, 1.165) is 17.7 Å². The minimum atomic E-state index is -0.111. The quantitative estimate of drug-likeness (QED) is 0.742. The number of aryl methyl sites for hydroxylation is 1. The monoisotopic (exact) mass is 191 g/mol. The lowest BCUT2D eigenvalue weighted by Gasteiger charge is -2.13. The number of ether oxygens (including phenoxy) is 1. The molecule has 2 heteroatoms. The van der Waals surface area contributed by atoms with E-state index in [1.54, 1.807) is 13.2 Å². The van der Waals surface area contributed by atoms with Gasteiger partial charge in [-0.2, -0.15) is 0 Å². The summed E-state index contributed by atoms with van der Waals surface area (Å²) in [7, 11) is 1.66. The van der Waals surface area contributed by atoms with Crippen LogP contribution in [-0.2, 0) is 6.42 Å². The highest BCUT2D eigenvalue weighted by atomic mass is 16.5. The molecule has 0 spiro atoms. The molecule has 0 aliphatic rings. The molecule has 0 amide bonds. The van der Waals surface area contributed by atoms with Crippen LogP contribution in [0.3, 0.4) is 0 Å². The van der Waals surface area contributed by atoms with Gasteiger partial charge in [-0.1, -0.05) is 19.1 Å². The van der Waals surface area contributed by atoms with Gasteiger partial charge in [-0.25, -0.2) is 0 Å². The van der Waals surface area contributed by atoms with Crippen molar-refractivity contribution in [2.24, 2.45) is 5.73 Å². The average molecular weight is 191 g/mol. The van der Waals surface area contributed by atoms with E-state index in [9.17, 15) is 0 Å². The van der Waals surface area contributed by atoms with E-state index in [-0.39, 0.29) is 6.04 Å². The molecule has 0 unspecified atom stereocenters. The summed E-state index contributed by atoms with van der Waals surface area (Å²) in [5.74, 6) is 0.842. The van der Waals surface area contributed by atoms with E-state index < -0.39 is 0 Å². The second kappa shape index (κ2) is 4.82. The average Bonchev–Trinajstić information content (AvgIpc) is 2.27. The standard InChI is InChI=1S/C12H17NO/c1-4-9-6-7-10(14-3)8-11(9)12(13)5-2/h5-8,12H,2,4,13H2,1,3H3/t12-/m1/s1. The Morgan fingerprint density at radius 1 is 1.57 bits per heavy atom. The molecule has 0 aliphatic heterocycles. The van der Waals surface area contributed by atoms with Gasteiger partial charge < -0.3 is 10.5 Å². The molecule has 0 saturated carbocycles.